The van der Waals surface area contributed by atoms with Crippen LogP contribution in [0.15, 0.2) is 12.1 Å². The molecule has 2 amide bonds. The summed E-state index contributed by atoms with van der Waals surface area (Å²) in [5.41, 5.74) is -0.0317. The van der Waals surface area contributed by atoms with Gasteiger partial charge in [0.05, 0.1) is 12.6 Å². The molecular formula is C16H21F3N2O2. The molecule has 1 aromatic carbocycles. The van der Waals surface area contributed by atoms with Crippen LogP contribution in [0.3, 0.4) is 0 Å². The molecule has 3 N–H and O–H groups in total. The van der Waals surface area contributed by atoms with Gasteiger partial charge in [-0.1, -0.05) is 19.8 Å². The molecule has 2 rings (SSSR count). The Kier molecular flexibility index (Phi) is 5.87. The van der Waals surface area contributed by atoms with Crippen LogP contribution >= 0.6 is 0 Å². The van der Waals surface area contributed by atoms with Gasteiger partial charge in [-0.25, -0.2) is 18.0 Å². The first-order valence-electron chi connectivity index (χ1n) is 7.74. The van der Waals surface area contributed by atoms with Gasteiger partial charge in [-0.15, -0.1) is 0 Å². The number of aliphatic hydroxyl groups is 1. The minimum atomic E-state index is -1.58. The predicted molar refractivity (Wildman–Crippen MR) is 79.2 cm³/mol. The van der Waals surface area contributed by atoms with Crippen molar-refractivity contribution in [2.24, 2.45) is 5.92 Å². The van der Waals surface area contributed by atoms with Crippen molar-refractivity contribution in [1.29, 1.82) is 0 Å². The van der Waals surface area contributed by atoms with Crippen LogP contribution in [0.2, 0.25) is 0 Å². The average Bonchev–Trinajstić information content (AvgIpc) is 2.52. The molecule has 3 unspecified atom stereocenters. The van der Waals surface area contributed by atoms with Crippen LogP contribution in [0.1, 0.15) is 44.2 Å². The maximum Gasteiger partial charge on any atom is 0.315 e. The van der Waals surface area contributed by atoms with Crippen molar-refractivity contribution in [2.45, 2.75) is 44.7 Å². The highest BCUT2D eigenvalue weighted by molar-refractivity contribution is 5.74. The standard InChI is InChI=1S/C16H21F3N2O2/c1-9-4-2-3-5-13(9)20-16(23)21-14(8-22)10-6-11(17)15(19)12(18)7-10/h6-7,9,13-14,22H,2-5,8H2,1H3,(H2,20,21,23). The Balaban J connectivity index is 2.02. The topological polar surface area (TPSA) is 61.4 Å². The number of hydrogen-bond acceptors (Lipinski definition) is 2. The van der Waals surface area contributed by atoms with Crippen molar-refractivity contribution >= 4 is 6.03 Å². The highest BCUT2D eigenvalue weighted by atomic mass is 19.2. The molecule has 128 valence electrons. The summed E-state index contributed by atoms with van der Waals surface area (Å²) in [7, 11) is 0. The fourth-order valence-corrected chi connectivity index (χ4v) is 2.91. The van der Waals surface area contributed by atoms with Crippen LogP contribution in [0, 0.1) is 23.4 Å². The van der Waals surface area contributed by atoms with E-state index in [0.717, 1.165) is 37.8 Å². The normalized spacial score (nSPS) is 22.5. The number of carbonyl (C=O) groups excluding carboxylic acids is 1. The van der Waals surface area contributed by atoms with Gasteiger partial charge < -0.3 is 15.7 Å². The van der Waals surface area contributed by atoms with Crippen LogP contribution in [0.25, 0.3) is 0 Å². The molecule has 3 atom stereocenters. The summed E-state index contributed by atoms with van der Waals surface area (Å²) in [6.07, 6.45) is 4.07. The zero-order chi connectivity index (χ0) is 17.0. The smallest absolute Gasteiger partial charge is 0.315 e. The quantitative estimate of drug-likeness (QED) is 0.743. The molecule has 7 heteroatoms. The molecule has 0 aromatic heterocycles. The molecule has 23 heavy (non-hydrogen) atoms. The van der Waals surface area contributed by atoms with Gasteiger partial charge in [0.1, 0.15) is 0 Å². The van der Waals surface area contributed by atoms with Crippen molar-refractivity contribution in [3.05, 3.63) is 35.1 Å². The fourth-order valence-electron chi connectivity index (χ4n) is 2.91. The lowest BCUT2D eigenvalue weighted by atomic mass is 9.86. The number of rotatable bonds is 4. The molecule has 0 spiro atoms. The fraction of sp³-hybridized carbons (Fsp3) is 0.562. The van der Waals surface area contributed by atoms with E-state index in [1.165, 1.54) is 0 Å². The number of halogens is 3. The second kappa shape index (κ2) is 7.68. The van der Waals surface area contributed by atoms with E-state index in [1.54, 1.807) is 0 Å². The molecule has 4 nitrogen and oxygen atoms in total. The van der Waals surface area contributed by atoms with Gasteiger partial charge in [-0.2, -0.15) is 0 Å². The number of aliphatic hydroxyl groups excluding tert-OH is 1. The van der Waals surface area contributed by atoms with Crippen molar-refractivity contribution in [3.8, 4) is 0 Å². The number of amides is 2. The lowest BCUT2D eigenvalue weighted by Crippen LogP contribution is -2.47. The summed E-state index contributed by atoms with van der Waals surface area (Å²) in [6.45, 7) is 1.50. The lowest BCUT2D eigenvalue weighted by molar-refractivity contribution is 0.204. The Morgan fingerprint density at radius 3 is 2.43 bits per heavy atom. The van der Waals surface area contributed by atoms with Crippen molar-refractivity contribution in [1.82, 2.24) is 10.6 Å². The number of benzene rings is 1. The van der Waals surface area contributed by atoms with Crippen LogP contribution in [0.5, 0.6) is 0 Å². The molecule has 0 bridgehead atoms. The van der Waals surface area contributed by atoms with Gasteiger partial charge in [0, 0.05) is 6.04 Å². The number of hydrogen-bond donors (Lipinski definition) is 3. The van der Waals surface area contributed by atoms with Gasteiger partial charge in [0.15, 0.2) is 17.5 Å². The minimum Gasteiger partial charge on any atom is -0.394 e. The molecule has 0 aliphatic heterocycles. The summed E-state index contributed by atoms with van der Waals surface area (Å²) in [5.74, 6) is -3.95. The molecule has 1 aliphatic rings. The maximum atomic E-state index is 13.3. The van der Waals surface area contributed by atoms with E-state index in [9.17, 15) is 23.1 Å². The number of nitrogens with one attached hydrogen (secondary N) is 2. The molecular weight excluding hydrogens is 309 g/mol. The highest BCUT2D eigenvalue weighted by Gasteiger charge is 2.24. The Labute approximate surface area is 133 Å². The Morgan fingerprint density at radius 2 is 1.87 bits per heavy atom. The van der Waals surface area contributed by atoms with Crippen molar-refractivity contribution in [2.75, 3.05) is 6.61 Å². The molecule has 0 heterocycles. The first kappa shape index (κ1) is 17.6. The summed E-state index contributed by atoms with van der Waals surface area (Å²) in [5, 5.41) is 14.6. The maximum absolute atomic E-state index is 13.3. The first-order chi connectivity index (χ1) is 10.9. The third-order valence-electron chi connectivity index (χ3n) is 4.32. The van der Waals surface area contributed by atoms with Gasteiger partial charge in [-0.05, 0) is 36.5 Å². The van der Waals surface area contributed by atoms with Crippen LogP contribution in [-0.2, 0) is 0 Å². The van der Waals surface area contributed by atoms with E-state index in [0.29, 0.717) is 5.92 Å². The highest BCUT2D eigenvalue weighted by Crippen LogP contribution is 2.24. The third kappa shape index (κ3) is 4.37. The number of carbonyl (C=O) groups is 1. The second-order valence-corrected chi connectivity index (χ2v) is 6.02. The van der Waals surface area contributed by atoms with E-state index < -0.39 is 36.1 Å². The van der Waals surface area contributed by atoms with Crippen LogP contribution in [0.4, 0.5) is 18.0 Å². The monoisotopic (exact) mass is 330 g/mol. The zero-order valence-corrected chi connectivity index (χ0v) is 12.9. The van der Waals surface area contributed by atoms with Gasteiger partial charge in [0.2, 0.25) is 0 Å². The Hall–Kier alpha value is -1.76. The van der Waals surface area contributed by atoms with E-state index in [-0.39, 0.29) is 11.6 Å². The second-order valence-electron chi connectivity index (χ2n) is 6.02. The van der Waals surface area contributed by atoms with E-state index >= 15 is 0 Å². The molecule has 1 aromatic rings. The minimum absolute atomic E-state index is 0.0317. The Morgan fingerprint density at radius 1 is 1.26 bits per heavy atom. The SMILES string of the molecule is CC1CCCCC1NC(=O)NC(CO)c1cc(F)c(F)c(F)c1. The summed E-state index contributed by atoms with van der Waals surface area (Å²) in [6, 6.07) is 0.0299. The van der Waals surface area contributed by atoms with Crippen LogP contribution in [-0.4, -0.2) is 23.8 Å². The zero-order valence-electron chi connectivity index (χ0n) is 12.9. The van der Waals surface area contributed by atoms with E-state index in [2.05, 4.69) is 17.6 Å². The van der Waals surface area contributed by atoms with Crippen molar-refractivity contribution < 1.29 is 23.1 Å². The van der Waals surface area contributed by atoms with Gasteiger partial charge >= 0.3 is 6.03 Å². The summed E-state index contributed by atoms with van der Waals surface area (Å²) in [4.78, 5) is 12.0. The predicted octanol–water partition coefficient (Wildman–Crippen LogP) is 3.02. The molecule has 1 saturated carbocycles. The van der Waals surface area contributed by atoms with E-state index in [4.69, 9.17) is 0 Å². The van der Waals surface area contributed by atoms with Gasteiger partial charge in [0.25, 0.3) is 0 Å². The Bertz CT molecular complexity index is 545. The third-order valence-corrected chi connectivity index (χ3v) is 4.32. The molecule has 0 saturated heterocycles. The van der Waals surface area contributed by atoms with Crippen molar-refractivity contribution in [3.63, 3.8) is 0 Å². The molecule has 1 fully saturated rings. The molecule has 0 radical (unpaired) electrons. The number of urea groups is 1. The summed E-state index contributed by atoms with van der Waals surface area (Å²) >= 11 is 0. The van der Waals surface area contributed by atoms with E-state index in [1.807, 2.05) is 0 Å². The molecule has 1 aliphatic carbocycles. The average molecular weight is 330 g/mol. The lowest BCUT2D eigenvalue weighted by Gasteiger charge is -2.30. The summed E-state index contributed by atoms with van der Waals surface area (Å²) < 4.78 is 39.5. The largest absolute Gasteiger partial charge is 0.394 e. The van der Waals surface area contributed by atoms with Crippen LogP contribution < -0.4 is 10.6 Å². The first-order valence-corrected chi connectivity index (χ1v) is 7.74. The van der Waals surface area contributed by atoms with Gasteiger partial charge in [-0.3, -0.25) is 0 Å².